The van der Waals surface area contributed by atoms with Crippen molar-refractivity contribution < 1.29 is 28.6 Å². The van der Waals surface area contributed by atoms with Crippen molar-refractivity contribution >= 4 is 17.9 Å². The van der Waals surface area contributed by atoms with Gasteiger partial charge in [-0.2, -0.15) is 0 Å². The summed E-state index contributed by atoms with van der Waals surface area (Å²) in [5.41, 5.74) is 0. The number of rotatable bonds is 54. The van der Waals surface area contributed by atoms with Crippen LogP contribution in [0.5, 0.6) is 0 Å². The van der Waals surface area contributed by atoms with Gasteiger partial charge < -0.3 is 14.2 Å². The fourth-order valence-corrected chi connectivity index (χ4v) is 7.70. The summed E-state index contributed by atoms with van der Waals surface area (Å²) < 4.78 is 16.8. The van der Waals surface area contributed by atoms with Crippen LogP contribution in [-0.4, -0.2) is 37.2 Å². The molecule has 0 rings (SSSR count). The van der Waals surface area contributed by atoms with E-state index in [1.165, 1.54) is 25.7 Å². The van der Waals surface area contributed by atoms with E-state index in [0.717, 1.165) is 148 Å². The first-order chi connectivity index (χ1) is 40.0. The van der Waals surface area contributed by atoms with E-state index in [1.54, 1.807) is 6.08 Å². The molecule has 0 radical (unpaired) electrons. The number of hydrogen-bond donors (Lipinski definition) is 0. The number of ether oxygens (including phenoxy) is 3. The third-order valence-electron chi connectivity index (χ3n) is 12.3. The van der Waals surface area contributed by atoms with Crippen LogP contribution >= 0.6 is 0 Å². The molecular formula is C75H112O6. The summed E-state index contributed by atoms with van der Waals surface area (Å²) in [6, 6.07) is 0. The first-order valence-electron chi connectivity index (χ1n) is 31.6. The SMILES string of the molecule is CC/C=C\C/C=C\C/C=C\C/C=C\C/C=C\C/C=C\C/C=C\C/C=C\CCCCC(=O)OCC(COC(=O)C/C=C\C/C=C\C/C=C\C/C=C\C/C=C\CC)OC(=O)CCCCCCCCCC/C=C\C/C=C\C/C=C\C/C=C\CC. The van der Waals surface area contributed by atoms with Crippen LogP contribution in [0.1, 0.15) is 226 Å². The zero-order chi connectivity index (χ0) is 58.5. The minimum absolute atomic E-state index is 0.105. The normalized spacial score (nSPS) is 13.6. The molecule has 0 spiro atoms. The van der Waals surface area contributed by atoms with Crippen LogP contribution in [0.3, 0.4) is 0 Å². The molecule has 0 saturated heterocycles. The van der Waals surface area contributed by atoms with Crippen molar-refractivity contribution in [2.45, 2.75) is 232 Å². The Labute approximate surface area is 496 Å². The largest absolute Gasteiger partial charge is 0.462 e. The predicted octanol–water partition coefficient (Wildman–Crippen LogP) is 22.0. The maximum atomic E-state index is 12.9. The fourth-order valence-electron chi connectivity index (χ4n) is 7.70. The average Bonchev–Trinajstić information content (AvgIpc) is 3.47. The lowest BCUT2D eigenvalue weighted by atomic mass is 10.1. The maximum Gasteiger partial charge on any atom is 0.309 e. The molecule has 0 aliphatic rings. The molecule has 0 bridgehead atoms. The Morgan fingerprint density at radius 1 is 0.259 bits per heavy atom. The highest BCUT2D eigenvalue weighted by molar-refractivity contribution is 5.72. The van der Waals surface area contributed by atoms with Gasteiger partial charge in [0.2, 0.25) is 0 Å². The standard InChI is InChI=1S/C75H112O6/c1-4-7-10-13-16-19-22-25-28-30-32-34-35-36-37-38-39-41-42-44-47-50-53-56-59-62-65-68-74(77)80-71-72(70-79-73(76)67-64-61-58-55-52-49-46-27-24-21-18-15-12-9-6-3)81-75(78)69-66-63-60-57-54-51-48-45-43-40-33-31-29-26-23-20-17-14-11-8-5-2/h7-12,16-21,25-29,32-34,36-37,39-41,44,46-47,52-53,55-56,61,64,72H,4-6,13-15,22-24,30-31,35,38,42-43,45,48-51,54,57-60,62-63,65-71H2,1-3H3/b10-7-,11-8-,12-9-,19-16-,20-17-,21-18-,28-25-,29-26-,34-32-,37-36-,40-33-,41-39-,46-27-,47-44-,55-52-,56-53-,64-61-. The Hall–Kier alpha value is -6.01. The summed E-state index contributed by atoms with van der Waals surface area (Å²) >= 11 is 0. The molecule has 0 fully saturated rings. The highest BCUT2D eigenvalue weighted by atomic mass is 16.6. The summed E-state index contributed by atoms with van der Waals surface area (Å²) in [4.78, 5) is 38.3. The van der Waals surface area contributed by atoms with E-state index in [-0.39, 0.29) is 44.4 Å². The second kappa shape index (κ2) is 66.5. The van der Waals surface area contributed by atoms with E-state index in [0.29, 0.717) is 12.8 Å². The lowest BCUT2D eigenvalue weighted by molar-refractivity contribution is -0.166. The topological polar surface area (TPSA) is 78.9 Å². The van der Waals surface area contributed by atoms with Gasteiger partial charge in [-0.1, -0.05) is 266 Å². The maximum absolute atomic E-state index is 12.9. The van der Waals surface area contributed by atoms with Crippen molar-refractivity contribution in [3.8, 4) is 0 Å². The molecule has 0 heterocycles. The van der Waals surface area contributed by atoms with Gasteiger partial charge in [-0.3, -0.25) is 14.4 Å². The molecule has 0 aromatic heterocycles. The molecule has 6 nitrogen and oxygen atoms in total. The van der Waals surface area contributed by atoms with Crippen molar-refractivity contribution in [3.63, 3.8) is 0 Å². The molecule has 0 aliphatic carbocycles. The predicted molar refractivity (Wildman–Crippen MR) is 352 cm³/mol. The fraction of sp³-hybridized carbons (Fsp3) is 0.507. The highest BCUT2D eigenvalue weighted by Crippen LogP contribution is 2.13. The molecule has 0 saturated carbocycles. The second-order valence-corrected chi connectivity index (χ2v) is 19.8. The number of unbranched alkanes of at least 4 members (excludes halogenated alkanes) is 10. The first kappa shape index (κ1) is 75.0. The summed E-state index contributed by atoms with van der Waals surface area (Å²) in [7, 11) is 0. The van der Waals surface area contributed by atoms with Crippen molar-refractivity contribution in [3.05, 3.63) is 207 Å². The van der Waals surface area contributed by atoms with Gasteiger partial charge in [-0.15, -0.1) is 0 Å². The minimum Gasteiger partial charge on any atom is -0.462 e. The monoisotopic (exact) mass is 1110 g/mol. The van der Waals surface area contributed by atoms with Crippen molar-refractivity contribution in [1.82, 2.24) is 0 Å². The van der Waals surface area contributed by atoms with Crippen LogP contribution in [0, 0.1) is 0 Å². The summed E-state index contributed by atoms with van der Waals surface area (Å²) in [6.07, 6.45) is 103. The summed E-state index contributed by atoms with van der Waals surface area (Å²) in [6.45, 7) is 6.15. The van der Waals surface area contributed by atoms with E-state index in [2.05, 4.69) is 215 Å². The molecule has 1 unspecified atom stereocenters. The number of esters is 3. The summed E-state index contributed by atoms with van der Waals surface area (Å²) in [5, 5.41) is 0. The van der Waals surface area contributed by atoms with E-state index in [9.17, 15) is 14.4 Å². The number of carbonyl (C=O) groups excluding carboxylic acids is 3. The average molecular weight is 1110 g/mol. The summed E-state index contributed by atoms with van der Waals surface area (Å²) in [5.74, 6) is -1.14. The van der Waals surface area contributed by atoms with Gasteiger partial charge in [0.1, 0.15) is 13.2 Å². The third kappa shape index (κ3) is 64.7. The van der Waals surface area contributed by atoms with Gasteiger partial charge in [0.25, 0.3) is 0 Å². The van der Waals surface area contributed by atoms with E-state index in [1.807, 2.05) is 6.08 Å². The smallest absolute Gasteiger partial charge is 0.309 e. The van der Waals surface area contributed by atoms with E-state index >= 15 is 0 Å². The highest BCUT2D eigenvalue weighted by Gasteiger charge is 2.19. The van der Waals surface area contributed by atoms with Crippen molar-refractivity contribution in [1.29, 1.82) is 0 Å². The molecule has 448 valence electrons. The van der Waals surface area contributed by atoms with Crippen LogP contribution in [0.4, 0.5) is 0 Å². The number of hydrogen-bond acceptors (Lipinski definition) is 6. The van der Waals surface area contributed by atoms with Crippen LogP contribution in [0.15, 0.2) is 207 Å². The molecule has 0 aliphatic heterocycles. The zero-order valence-electron chi connectivity index (χ0n) is 51.2. The van der Waals surface area contributed by atoms with Crippen LogP contribution < -0.4 is 0 Å². The Kier molecular flexibility index (Phi) is 61.6. The Balaban J connectivity index is 4.58. The molecule has 81 heavy (non-hydrogen) atoms. The lowest BCUT2D eigenvalue weighted by Gasteiger charge is -2.18. The molecule has 0 aromatic carbocycles. The Bertz CT molecular complexity index is 2000. The third-order valence-corrected chi connectivity index (χ3v) is 12.3. The van der Waals surface area contributed by atoms with Crippen LogP contribution in [0.2, 0.25) is 0 Å². The Morgan fingerprint density at radius 2 is 0.494 bits per heavy atom. The van der Waals surface area contributed by atoms with Crippen LogP contribution in [0.25, 0.3) is 0 Å². The van der Waals surface area contributed by atoms with Gasteiger partial charge in [-0.05, 0) is 148 Å². The van der Waals surface area contributed by atoms with Gasteiger partial charge in [0, 0.05) is 12.8 Å². The quantitative estimate of drug-likeness (QED) is 0.0261. The molecular weight excluding hydrogens is 997 g/mol. The Morgan fingerprint density at radius 3 is 0.827 bits per heavy atom. The number of carbonyl (C=O) groups is 3. The zero-order valence-corrected chi connectivity index (χ0v) is 51.2. The molecule has 1 atom stereocenters. The van der Waals surface area contributed by atoms with E-state index in [4.69, 9.17) is 14.2 Å². The van der Waals surface area contributed by atoms with Gasteiger partial charge in [0.15, 0.2) is 6.10 Å². The van der Waals surface area contributed by atoms with Gasteiger partial charge >= 0.3 is 17.9 Å². The molecule has 0 amide bonds. The van der Waals surface area contributed by atoms with Gasteiger partial charge in [0.05, 0.1) is 6.42 Å². The molecule has 0 N–H and O–H groups in total. The molecule has 0 aromatic rings. The lowest BCUT2D eigenvalue weighted by Crippen LogP contribution is -2.30. The van der Waals surface area contributed by atoms with Crippen LogP contribution in [-0.2, 0) is 28.6 Å². The first-order valence-corrected chi connectivity index (χ1v) is 31.6. The second-order valence-electron chi connectivity index (χ2n) is 19.8. The van der Waals surface area contributed by atoms with Crippen molar-refractivity contribution in [2.24, 2.45) is 0 Å². The number of allylic oxidation sites excluding steroid dienone is 33. The minimum atomic E-state index is -0.856. The van der Waals surface area contributed by atoms with Crippen molar-refractivity contribution in [2.75, 3.05) is 13.2 Å². The van der Waals surface area contributed by atoms with Gasteiger partial charge in [-0.25, -0.2) is 0 Å². The molecule has 6 heteroatoms. The van der Waals surface area contributed by atoms with E-state index < -0.39 is 12.1 Å².